The third-order valence-corrected chi connectivity index (χ3v) is 2.83. The van der Waals surface area contributed by atoms with Gasteiger partial charge < -0.3 is 4.74 Å². The van der Waals surface area contributed by atoms with Crippen LogP contribution in [0.3, 0.4) is 0 Å². The zero-order valence-corrected chi connectivity index (χ0v) is 12.5. The molecule has 1 N–H and O–H groups in total. The molecule has 112 valence electrons. The molecule has 0 aromatic heterocycles. The minimum atomic E-state index is -1.03. The molecule has 0 saturated heterocycles. The summed E-state index contributed by atoms with van der Waals surface area (Å²) in [4.78, 5) is 34.6. The fourth-order valence-corrected chi connectivity index (χ4v) is 1.52. The van der Waals surface area contributed by atoms with Crippen molar-refractivity contribution in [2.24, 2.45) is 5.92 Å². The molecular formula is C15H16ClNO4. The van der Waals surface area contributed by atoms with Crippen molar-refractivity contribution < 1.29 is 19.1 Å². The SMILES string of the molecule is CCOC(=O)C(C)C(=O)NC(=O)C=Cc1ccc(Cl)cc1. The van der Waals surface area contributed by atoms with Gasteiger partial charge in [-0.25, -0.2) is 0 Å². The van der Waals surface area contributed by atoms with Crippen molar-refractivity contribution in [2.45, 2.75) is 13.8 Å². The number of carbonyl (C=O) groups is 3. The summed E-state index contributed by atoms with van der Waals surface area (Å²) < 4.78 is 4.71. The molecule has 0 aliphatic rings. The van der Waals surface area contributed by atoms with Crippen molar-refractivity contribution >= 4 is 35.5 Å². The van der Waals surface area contributed by atoms with Gasteiger partial charge in [-0.15, -0.1) is 0 Å². The van der Waals surface area contributed by atoms with Gasteiger partial charge in [0.25, 0.3) is 5.91 Å². The maximum absolute atomic E-state index is 11.6. The molecule has 0 bridgehead atoms. The van der Waals surface area contributed by atoms with Crippen molar-refractivity contribution in [2.75, 3.05) is 6.61 Å². The van der Waals surface area contributed by atoms with E-state index in [1.807, 2.05) is 0 Å². The monoisotopic (exact) mass is 309 g/mol. The van der Waals surface area contributed by atoms with Crippen LogP contribution in [0, 0.1) is 5.92 Å². The van der Waals surface area contributed by atoms with Crippen LogP contribution in [0.4, 0.5) is 0 Å². The first-order valence-corrected chi connectivity index (χ1v) is 6.77. The van der Waals surface area contributed by atoms with Crippen molar-refractivity contribution in [1.82, 2.24) is 5.32 Å². The number of halogens is 1. The Morgan fingerprint density at radius 2 is 1.90 bits per heavy atom. The first-order chi connectivity index (χ1) is 9.93. The molecule has 0 radical (unpaired) electrons. The molecular weight excluding hydrogens is 294 g/mol. The molecule has 6 heteroatoms. The number of nitrogens with one attached hydrogen (secondary N) is 1. The Morgan fingerprint density at radius 1 is 1.29 bits per heavy atom. The number of ether oxygens (including phenoxy) is 1. The van der Waals surface area contributed by atoms with Crippen molar-refractivity contribution in [3.8, 4) is 0 Å². The summed E-state index contributed by atoms with van der Waals surface area (Å²) in [7, 11) is 0. The van der Waals surface area contributed by atoms with Gasteiger partial charge in [0.05, 0.1) is 6.61 Å². The van der Waals surface area contributed by atoms with Gasteiger partial charge in [0.1, 0.15) is 5.92 Å². The number of hydrogen-bond acceptors (Lipinski definition) is 4. The smallest absolute Gasteiger partial charge is 0.318 e. The maximum Gasteiger partial charge on any atom is 0.318 e. The number of hydrogen-bond donors (Lipinski definition) is 1. The second-order valence-corrected chi connectivity index (χ2v) is 4.65. The number of benzene rings is 1. The molecule has 1 atom stereocenters. The largest absolute Gasteiger partial charge is 0.465 e. The highest BCUT2D eigenvalue weighted by Gasteiger charge is 2.23. The molecule has 0 fully saturated rings. The van der Waals surface area contributed by atoms with E-state index in [0.717, 1.165) is 5.56 Å². The van der Waals surface area contributed by atoms with Crippen LogP contribution in [0.15, 0.2) is 30.3 Å². The lowest BCUT2D eigenvalue weighted by Crippen LogP contribution is -2.37. The number of esters is 1. The third-order valence-electron chi connectivity index (χ3n) is 2.58. The summed E-state index contributed by atoms with van der Waals surface area (Å²) >= 11 is 5.74. The molecule has 0 heterocycles. The number of carbonyl (C=O) groups excluding carboxylic acids is 3. The molecule has 1 aromatic carbocycles. The Balaban J connectivity index is 2.55. The quantitative estimate of drug-likeness (QED) is 0.514. The molecule has 0 saturated carbocycles. The first kappa shape index (κ1) is 16.9. The normalized spacial score (nSPS) is 12.0. The van der Waals surface area contributed by atoms with Gasteiger partial charge in [-0.1, -0.05) is 23.7 Å². The van der Waals surface area contributed by atoms with Gasteiger partial charge in [0.2, 0.25) is 5.91 Å². The zero-order chi connectivity index (χ0) is 15.8. The van der Waals surface area contributed by atoms with E-state index in [4.69, 9.17) is 16.3 Å². The standard InChI is InChI=1S/C15H16ClNO4/c1-3-21-15(20)10(2)14(19)17-13(18)9-6-11-4-7-12(16)8-5-11/h4-10H,3H2,1-2H3,(H,17,18,19). The van der Waals surface area contributed by atoms with Gasteiger partial charge in [0, 0.05) is 11.1 Å². The van der Waals surface area contributed by atoms with Gasteiger partial charge in [0.15, 0.2) is 0 Å². The average molecular weight is 310 g/mol. The Kier molecular flexibility index (Phi) is 6.62. The van der Waals surface area contributed by atoms with Gasteiger partial charge in [-0.2, -0.15) is 0 Å². The van der Waals surface area contributed by atoms with E-state index in [2.05, 4.69) is 5.32 Å². The van der Waals surface area contributed by atoms with E-state index in [0.29, 0.717) is 5.02 Å². The minimum Gasteiger partial charge on any atom is -0.465 e. The second kappa shape index (κ2) is 8.21. The highest BCUT2D eigenvalue weighted by molar-refractivity contribution is 6.30. The van der Waals surface area contributed by atoms with E-state index in [1.165, 1.54) is 19.1 Å². The predicted molar refractivity (Wildman–Crippen MR) is 79.4 cm³/mol. The third kappa shape index (κ3) is 5.79. The molecule has 0 aliphatic carbocycles. The molecule has 0 aliphatic heterocycles. The molecule has 1 aromatic rings. The van der Waals surface area contributed by atoms with Gasteiger partial charge in [-0.3, -0.25) is 19.7 Å². The van der Waals surface area contributed by atoms with E-state index in [-0.39, 0.29) is 6.61 Å². The highest BCUT2D eigenvalue weighted by atomic mass is 35.5. The van der Waals surface area contributed by atoms with Crippen LogP contribution in [-0.2, 0) is 19.1 Å². The van der Waals surface area contributed by atoms with Crippen LogP contribution >= 0.6 is 11.6 Å². The van der Waals surface area contributed by atoms with E-state index < -0.39 is 23.7 Å². The van der Waals surface area contributed by atoms with Gasteiger partial charge >= 0.3 is 5.97 Å². The summed E-state index contributed by atoms with van der Waals surface area (Å²) in [5.74, 6) is -2.99. The lowest BCUT2D eigenvalue weighted by atomic mass is 10.1. The zero-order valence-electron chi connectivity index (χ0n) is 11.8. The number of amides is 2. The lowest BCUT2D eigenvalue weighted by Gasteiger charge is -2.09. The fraction of sp³-hybridized carbons (Fsp3) is 0.267. The van der Waals surface area contributed by atoms with Crippen LogP contribution in [0.5, 0.6) is 0 Å². The summed E-state index contributed by atoms with van der Waals surface area (Å²) in [6.45, 7) is 3.20. The lowest BCUT2D eigenvalue weighted by molar-refractivity contribution is -0.151. The highest BCUT2D eigenvalue weighted by Crippen LogP contribution is 2.10. The molecule has 0 spiro atoms. The van der Waals surface area contributed by atoms with Crippen LogP contribution in [0.2, 0.25) is 5.02 Å². The van der Waals surface area contributed by atoms with Crippen LogP contribution in [0.1, 0.15) is 19.4 Å². The van der Waals surface area contributed by atoms with Crippen molar-refractivity contribution in [3.63, 3.8) is 0 Å². The average Bonchev–Trinajstić information content (AvgIpc) is 2.46. The Morgan fingerprint density at radius 3 is 2.48 bits per heavy atom. The van der Waals surface area contributed by atoms with E-state index in [1.54, 1.807) is 31.2 Å². The number of imide groups is 1. The molecule has 2 amide bonds. The van der Waals surface area contributed by atoms with E-state index in [9.17, 15) is 14.4 Å². The molecule has 1 rings (SSSR count). The van der Waals surface area contributed by atoms with Crippen molar-refractivity contribution in [1.29, 1.82) is 0 Å². The Hall–Kier alpha value is -2.14. The summed E-state index contributed by atoms with van der Waals surface area (Å²) in [6, 6.07) is 6.84. The molecule has 1 unspecified atom stereocenters. The topological polar surface area (TPSA) is 72.5 Å². The predicted octanol–water partition coefficient (Wildman–Crippen LogP) is 2.20. The summed E-state index contributed by atoms with van der Waals surface area (Å²) in [6.07, 6.45) is 2.74. The fourth-order valence-electron chi connectivity index (χ4n) is 1.39. The van der Waals surface area contributed by atoms with Crippen LogP contribution in [-0.4, -0.2) is 24.4 Å². The van der Waals surface area contributed by atoms with Crippen LogP contribution in [0.25, 0.3) is 6.08 Å². The number of rotatable bonds is 5. The summed E-state index contributed by atoms with van der Waals surface area (Å²) in [5, 5.41) is 2.70. The van der Waals surface area contributed by atoms with Crippen LogP contribution < -0.4 is 5.32 Å². The maximum atomic E-state index is 11.6. The first-order valence-electron chi connectivity index (χ1n) is 6.39. The van der Waals surface area contributed by atoms with Gasteiger partial charge in [-0.05, 0) is 37.6 Å². The Labute approximate surface area is 127 Å². The second-order valence-electron chi connectivity index (χ2n) is 4.21. The Bertz CT molecular complexity index is 551. The van der Waals surface area contributed by atoms with E-state index >= 15 is 0 Å². The molecule has 5 nitrogen and oxygen atoms in total. The summed E-state index contributed by atoms with van der Waals surface area (Å²) in [5.41, 5.74) is 0.764. The van der Waals surface area contributed by atoms with Crippen molar-refractivity contribution in [3.05, 3.63) is 40.9 Å². The molecule has 21 heavy (non-hydrogen) atoms. The minimum absolute atomic E-state index is 0.181.